The van der Waals surface area contributed by atoms with Crippen molar-refractivity contribution in [3.8, 4) is 0 Å². The predicted octanol–water partition coefficient (Wildman–Crippen LogP) is -0.0642. The Hall–Kier alpha value is -1.14. The molecule has 0 aromatic rings. The molecule has 0 saturated heterocycles. The van der Waals surface area contributed by atoms with E-state index in [0.29, 0.717) is 6.54 Å². The molecule has 0 aromatic carbocycles. The fraction of sp³-hybridized carbons (Fsp3) is 0.846. The van der Waals surface area contributed by atoms with E-state index >= 15 is 0 Å². The molecule has 1 saturated carbocycles. The van der Waals surface area contributed by atoms with Crippen LogP contribution < -0.4 is 11.1 Å². The van der Waals surface area contributed by atoms with Crippen LogP contribution in [0.3, 0.4) is 0 Å². The summed E-state index contributed by atoms with van der Waals surface area (Å²) >= 11 is 0. The highest BCUT2D eigenvalue weighted by Gasteiger charge is 2.33. The number of hydrogen-bond donors (Lipinski definition) is 3. The van der Waals surface area contributed by atoms with Crippen molar-refractivity contribution in [1.29, 1.82) is 0 Å². The predicted molar refractivity (Wildman–Crippen MR) is 70.2 cm³/mol. The first-order valence-electron chi connectivity index (χ1n) is 6.85. The van der Waals surface area contributed by atoms with E-state index in [9.17, 15) is 14.7 Å². The topological polar surface area (TPSA) is 102 Å². The maximum absolute atomic E-state index is 11.7. The molecule has 0 aliphatic heterocycles. The number of carbonyl (C=O) groups excluding carboxylic acids is 2. The van der Waals surface area contributed by atoms with Crippen molar-refractivity contribution >= 4 is 11.9 Å². The molecule has 0 heterocycles. The van der Waals surface area contributed by atoms with Crippen LogP contribution in [0.15, 0.2) is 0 Å². The third-order valence-corrected chi connectivity index (χ3v) is 3.71. The number of nitrogens with one attached hydrogen (secondary N) is 1. The summed E-state index contributed by atoms with van der Waals surface area (Å²) in [5.74, 6) is -1.27. The SMILES string of the molecule is CCOC(=O)C(N)C(=O)NCC1(CO)CCCCC1. The van der Waals surface area contributed by atoms with Gasteiger partial charge in [-0.05, 0) is 19.8 Å². The van der Waals surface area contributed by atoms with Gasteiger partial charge in [-0.15, -0.1) is 0 Å². The molecular formula is C13H24N2O4. The number of aliphatic hydroxyl groups is 1. The lowest BCUT2D eigenvalue weighted by atomic mass is 9.74. The van der Waals surface area contributed by atoms with Crippen molar-refractivity contribution in [1.82, 2.24) is 5.32 Å². The molecule has 0 bridgehead atoms. The van der Waals surface area contributed by atoms with Crippen LogP contribution in [0.1, 0.15) is 39.0 Å². The van der Waals surface area contributed by atoms with E-state index in [4.69, 9.17) is 10.5 Å². The fourth-order valence-corrected chi connectivity index (χ4v) is 2.42. The van der Waals surface area contributed by atoms with Crippen LogP contribution in [-0.2, 0) is 14.3 Å². The highest BCUT2D eigenvalue weighted by molar-refractivity contribution is 6.01. The second kappa shape index (κ2) is 7.45. The second-order valence-corrected chi connectivity index (χ2v) is 5.17. The number of carbonyl (C=O) groups is 2. The minimum absolute atomic E-state index is 0.0436. The van der Waals surface area contributed by atoms with E-state index in [1.165, 1.54) is 0 Å². The number of ether oxygens (including phenoxy) is 1. The summed E-state index contributed by atoms with van der Waals surface area (Å²) in [6.45, 7) is 2.25. The van der Waals surface area contributed by atoms with E-state index in [0.717, 1.165) is 32.1 Å². The van der Waals surface area contributed by atoms with Crippen molar-refractivity contribution in [3.05, 3.63) is 0 Å². The van der Waals surface area contributed by atoms with Gasteiger partial charge in [0.05, 0.1) is 13.2 Å². The lowest BCUT2D eigenvalue weighted by molar-refractivity contribution is -0.148. The van der Waals surface area contributed by atoms with Crippen LogP contribution >= 0.6 is 0 Å². The van der Waals surface area contributed by atoms with Crippen LogP contribution in [0, 0.1) is 5.41 Å². The third kappa shape index (κ3) is 4.47. The monoisotopic (exact) mass is 272 g/mol. The van der Waals surface area contributed by atoms with Gasteiger partial charge in [0, 0.05) is 12.0 Å². The summed E-state index contributed by atoms with van der Waals surface area (Å²) in [5.41, 5.74) is 5.24. The number of nitrogens with two attached hydrogens (primary N) is 1. The Labute approximate surface area is 113 Å². The maximum atomic E-state index is 11.7. The van der Waals surface area contributed by atoms with Crippen LogP contribution in [-0.4, -0.2) is 42.8 Å². The number of hydrogen-bond acceptors (Lipinski definition) is 5. The average Bonchev–Trinajstić information content (AvgIpc) is 2.45. The summed E-state index contributed by atoms with van der Waals surface area (Å²) < 4.78 is 4.69. The molecule has 1 amide bonds. The zero-order chi connectivity index (χ0) is 14.3. The summed E-state index contributed by atoms with van der Waals surface area (Å²) in [6, 6.07) is -1.29. The first-order valence-corrected chi connectivity index (χ1v) is 6.85. The van der Waals surface area contributed by atoms with Crippen LogP contribution in [0.25, 0.3) is 0 Å². The fourth-order valence-electron chi connectivity index (χ4n) is 2.42. The molecule has 1 unspecified atom stereocenters. The van der Waals surface area contributed by atoms with Gasteiger partial charge in [0.25, 0.3) is 0 Å². The van der Waals surface area contributed by atoms with Gasteiger partial charge in [-0.25, -0.2) is 4.79 Å². The van der Waals surface area contributed by atoms with Crippen LogP contribution in [0.2, 0.25) is 0 Å². The van der Waals surface area contributed by atoms with Gasteiger partial charge in [0.1, 0.15) is 0 Å². The Morgan fingerprint density at radius 3 is 2.53 bits per heavy atom. The van der Waals surface area contributed by atoms with Crippen molar-refractivity contribution in [2.24, 2.45) is 11.1 Å². The summed E-state index contributed by atoms with van der Waals surface area (Å²) in [5, 5.41) is 12.2. The molecule has 1 aliphatic rings. The zero-order valence-electron chi connectivity index (χ0n) is 11.5. The van der Waals surface area contributed by atoms with Gasteiger partial charge in [-0.3, -0.25) is 4.79 Å². The molecule has 0 spiro atoms. The lowest BCUT2D eigenvalue weighted by Crippen LogP contribution is -2.50. The Bertz CT molecular complexity index is 314. The Morgan fingerprint density at radius 2 is 2.00 bits per heavy atom. The van der Waals surface area contributed by atoms with Gasteiger partial charge >= 0.3 is 5.97 Å². The van der Waals surface area contributed by atoms with Crippen molar-refractivity contribution in [3.63, 3.8) is 0 Å². The van der Waals surface area contributed by atoms with Crippen LogP contribution in [0.5, 0.6) is 0 Å². The molecule has 1 aliphatic carbocycles. The molecule has 0 aromatic heterocycles. The Morgan fingerprint density at radius 1 is 1.37 bits per heavy atom. The first-order chi connectivity index (χ1) is 9.04. The highest BCUT2D eigenvalue weighted by Crippen LogP contribution is 2.35. The first kappa shape index (κ1) is 15.9. The van der Waals surface area contributed by atoms with Crippen molar-refractivity contribution in [2.75, 3.05) is 19.8 Å². The highest BCUT2D eigenvalue weighted by atomic mass is 16.5. The van der Waals surface area contributed by atoms with Gasteiger partial charge in [0.2, 0.25) is 5.91 Å². The number of rotatable bonds is 6. The molecule has 0 radical (unpaired) electrons. The molecule has 1 rings (SSSR count). The molecule has 4 N–H and O–H groups in total. The van der Waals surface area contributed by atoms with E-state index in [-0.39, 0.29) is 18.6 Å². The van der Waals surface area contributed by atoms with Crippen LogP contribution in [0.4, 0.5) is 0 Å². The van der Waals surface area contributed by atoms with Gasteiger partial charge < -0.3 is 20.9 Å². The minimum atomic E-state index is -1.29. The van der Waals surface area contributed by atoms with E-state index < -0.39 is 17.9 Å². The summed E-state index contributed by atoms with van der Waals surface area (Å²) in [6.07, 6.45) is 5.05. The molecular weight excluding hydrogens is 248 g/mol. The molecule has 1 fully saturated rings. The number of amides is 1. The molecule has 19 heavy (non-hydrogen) atoms. The van der Waals surface area contributed by atoms with Gasteiger partial charge in [0.15, 0.2) is 6.04 Å². The summed E-state index contributed by atoms with van der Waals surface area (Å²) in [7, 11) is 0. The number of esters is 1. The molecule has 6 heteroatoms. The average molecular weight is 272 g/mol. The van der Waals surface area contributed by atoms with Gasteiger partial charge in [-0.1, -0.05) is 19.3 Å². The smallest absolute Gasteiger partial charge is 0.332 e. The van der Waals surface area contributed by atoms with Crippen molar-refractivity contribution < 1.29 is 19.4 Å². The molecule has 110 valence electrons. The third-order valence-electron chi connectivity index (χ3n) is 3.71. The lowest BCUT2D eigenvalue weighted by Gasteiger charge is -2.35. The largest absolute Gasteiger partial charge is 0.464 e. The van der Waals surface area contributed by atoms with Crippen molar-refractivity contribution in [2.45, 2.75) is 45.1 Å². The standard InChI is InChI=1S/C13H24N2O4/c1-2-19-12(18)10(14)11(17)15-8-13(9-16)6-4-3-5-7-13/h10,16H,2-9,14H2,1H3,(H,15,17). The maximum Gasteiger partial charge on any atom is 0.332 e. The normalized spacial score (nSPS) is 19.5. The zero-order valence-corrected chi connectivity index (χ0v) is 11.5. The summed E-state index contributed by atoms with van der Waals surface area (Å²) in [4.78, 5) is 23.1. The Kier molecular flexibility index (Phi) is 6.24. The minimum Gasteiger partial charge on any atom is -0.464 e. The Balaban J connectivity index is 2.45. The van der Waals surface area contributed by atoms with E-state index in [1.807, 2.05) is 0 Å². The molecule has 6 nitrogen and oxygen atoms in total. The van der Waals surface area contributed by atoms with E-state index in [1.54, 1.807) is 6.92 Å². The number of aliphatic hydroxyl groups excluding tert-OH is 1. The quantitative estimate of drug-likeness (QED) is 0.464. The second-order valence-electron chi connectivity index (χ2n) is 5.17. The van der Waals surface area contributed by atoms with E-state index in [2.05, 4.69) is 5.32 Å². The molecule has 1 atom stereocenters. The van der Waals surface area contributed by atoms with Gasteiger partial charge in [-0.2, -0.15) is 0 Å².